The van der Waals surface area contributed by atoms with Crippen molar-refractivity contribution in [1.29, 1.82) is 0 Å². The Morgan fingerprint density at radius 3 is 2.16 bits per heavy atom. The Hall–Kier alpha value is -0.290. The number of nitrogens with one attached hydrogen (secondary N) is 1. The fourth-order valence-electron chi connectivity index (χ4n) is 1.51. The van der Waals surface area contributed by atoms with Crippen LogP contribution in [0.5, 0.6) is 0 Å². The third kappa shape index (κ3) is 8.47. The van der Waals surface area contributed by atoms with Gasteiger partial charge in [-0.3, -0.25) is 0 Å². The molecule has 0 aliphatic carbocycles. The van der Waals surface area contributed by atoms with Gasteiger partial charge in [0, 0.05) is 10.7 Å². The molecule has 0 atom stereocenters. The normalized spacial score (nSPS) is 9.84. The summed E-state index contributed by atoms with van der Waals surface area (Å²) in [5.74, 6) is 0. The lowest BCUT2D eigenvalue weighted by Crippen LogP contribution is -2.21. The van der Waals surface area contributed by atoms with E-state index in [1.165, 1.54) is 19.6 Å². The van der Waals surface area contributed by atoms with Gasteiger partial charge in [0.05, 0.1) is 0 Å². The van der Waals surface area contributed by atoms with Crippen LogP contribution in [0.4, 0.5) is 5.69 Å². The van der Waals surface area contributed by atoms with Crippen LogP contribution in [0.2, 0.25) is 5.02 Å². The molecule has 0 aliphatic heterocycles. The van der Waals surface area contributed by atoms with E-state index in [1.54, 1.807) is 0 Å². The molecule has 0 heterocycles. The average Bonchev–Trinajstić information content (AvgIpc) is 2.36. The topological polar surface area (TPSA) is 15.3 Å². The van der Waals surface area contributed by atoms with Crippen LogP contribution in [0.25, 0.3) is 0 Å². The zero-order valence-corrected chi connectivity index (χ0v) is 14.5. The Morgan fingerprint density at radius 1 is 1.26 bits per heavy atom. The Labute approximate surface area is 132 Å². The summed E-state index contributed by atoms with van der Waals surface area (Å²) in [6.45, 7) is 12.1. The summed E-state index contributed by atoms with van der Waals surface area (Å²) < 4.78 is 0.445. The zero-order chi connectivity index (χ0) is 14.8. The monoisotopic (exact) mass is 318 g/mol. The van der Waals surface area contributed by atoms with Crippen molar-refractivity contribution in [2.24, 2.45) is 0 Å². The predicted molar refractivity (Wildman–Crippen MR) is 94.9 cm³/mol. The van der Waals surface area contributed by atoms with Crippen molar-refractivity contribution < 1.29 is 0 Å². The number of aryl methyl sites for hydroxylation is 1. The van der Waals surface area contributed by atoms with Gasteiger partial charge in [0.15, 0.2) is 0 Å². The van der Waals surface area contributed by atoms with Crippen molar-refractivity contribution in [2.75, 3.05) is 25.0 Å². The minimum Gasteiger partial charge on any atom is -0.341 e. The number of rotatable bonds is 4. The molecule has 1 rings (SSSR count). The maximum absolute atomic E-state index is 5.79. The number of anilines is 1. The first-order valence-corrected chi connectivity index (χ1v) is 7.66. The minimum absolute atomic E-state index is 0.445. The second kappa shape index (κ2) is 10.5. The molecule has 0 aliphatic rings. The third-order valence-corrected chi connectivity index (χ3v) is 3.23. The van der Waals surface area contributed by atoms with Gasteiger partial charge in [0.25, 0.3) is 0 Å². The van der Waals surface area contributed by atoms with Gasteiger partial charge in [0.1, 0.15) is 4.32 Å². The minimum atomic E-state index is 0.445. The molecule has 1 N–H and O–H groups in total. The lowest BCUT2D eigenvalue weighted by molar-refractivity contribution is 0.321. The van der Waals surface area contributed by atoms with Gasteiger partial charge < -0.3 is 10.2 Å². The summed E-state index contributed by atoms with van der Waals surface area (Å²) >= 11 is 14.6. The van der Waals surface area contributed by atoms with Crippen molar-refractivity contribution >= 4 is 46.5 Å². The second-order valence-corrected chi connectivity index (χ2v) is 5.60. The van der Waals surface area contributed by atoms with E-state index in [1.807, 2.05) is 25.1 Å². The predicted octanol–water partition coefficient (Wildman–Crippen LogP) is 4.62. The average molecular weight is 319 g/mol. The van der Waals surface area contributed by atoms with Gasteiger partial charge in [-0.25, -0.2) is 0 Å². The largest absolute Gasteiger partial charge is 0.341 e. The number of benzene rings is 1. The van der Waals surface area contributed by atoms with E-state index in [0.717, 1.165) is 11.3 Å². The molecule has 108 valence electrons. The SMILES string of the molecule is CCN(CC)CC.Cc1ccc(Cl)cc1NC(=S)S. The first-order chi connectivity index (χ1) is 8.94. The highest BCUT2D eigenvalue weighted by Crippen LogP contribution is 2.20. The van der Waals surface area contributed by atoms with Gasteiger partial charge in [-0.2, -0.15) is 0 Å². The van der Waals surface area contributed by atoms with Gasteiger partial charge in [-0.05, 0) is 44.3 Å². The highest BCUT2D eigenvalue weighted by Gasteiger charge is 1.98. The molecule has 0 spiro atoms. The number of hydrogen-bond acceptors (Lipinski definition) is 2. The quantitative estimate of drug-likeness (QED) is 0.622. The van der Waals surface area contributed by atoms with Crippen molar-refractivity contribution in [2.45, 2.75) is 27.7 Å². The van der Waals surface area contributed by atoms with E-state index in [-0.39, 0.29) is 0 Å². The first-order valence-electron chi connectivity index (χ1n) is 6.42. The smallest absolute Gasteiger partial charge is 0.135 e. The molecule has 0 fully saturated rings. The number of thiocarbonyl (C=S) groups is 1. The fourth-order valence-corrected chi connectivity index (χ4v) is 1.92. The molecule has 2 nitrogen and oxygen atoms in total. The van der Waals surface area contributed by atoms with Gasteiger partial charge in [-0.1, -0.05) is 50.7 Å². The lowest BCUT2D eigenvalue weighted by Gasteiger charge is -2.13. The van der Waals surface area contributed by atoms with Crippen LogP contribution in [0.1, 0.15) is 26.3 Å². The van der Waals surface area contributed by atoms with Crippen LogP contribution >= 0.6 is 36.4 Å². The van der Waals surface area contributed by atoms with E-state index in [0.29, 0.717) is 9.34 Å². The van der Waals surface area contributed by atoms with Crippen LogP contribution in [0, 0.1) is 6.92 Å². The Bertz CT molecular complexity index is 388. The standard InChI is InChI=1S/C8H8ClNS2.C6H15N/c1-5-2-3-6(9)4-7(5)10-8(11)12;1-4-7(5-2)6-3/h2-4H,1H3,(H2,10,11,12);4-6H2,1-3H3. The lowest BCUT2D eigenvalue weighted by atomic mass is 10.2. The van der Waals surface area contributed by atoms with Crippen LogP contribution in [-0.4, -0.2) is 28.9 Å². The van der Waals surface area contributed by atoms with E-state index < -0.39 is 0 Å². The molecule has 5 heteroatoms. The zero-order valence-electron chi connectivity index (χ0n) is 12.0. The fraction of sp³-hybridized carbons (Fsp3) is 0.500. The summed E-state index contributed by atoms with van der Waals surface area (Å²) in [6.07, 6.45) is 0. The number of hydrogen-bond donors (Lipinski definition) is 2. The summed E-state index contributed by atoms with van der Waals surface area (Å²) in [5, 5.41) is 3.61. The summed E-state index contributed by atoms with van der Waals surface area (Å²) in [5.41, 5.74) is 2.00. The van der Waals surface area contributed by atoms with Crippen LogP contribution in [0.15, 0.2) is 18.2 Å². The van der Waals surface area contributed by atoms with Crippen molar-refractivity contribution in [3.05, 3.63) is 28.8 Å². The molecule has 0 saturated heterocycles. The third-order valence-electron chi connectivity index (χ3n) is 2.78. The maximum Gasteiger partial charge on any atom is 0.135 e. The van der Waals surface area contributed by atoms with Gasteiger partial charge in [-0.15, -0.1) is 12.6 Å². The highest BCUT2D eigenvalue weighted by molar-refractivity contribution is 8.11. The van der Waals surface area contributed by atoms with Gasteiger partial charge >= 0.3 is 0 Å². The summed E-state index contributed by atoms with van der Waals surface area (Å²) in [6, 6.07) is 5.58. The number of halogens is 1. The Balaban J connectivity index is 0.000000399. The Morgan fingerprint density at radius 2 is 1.79 bits per heavy atom. The molecule has 1 aromatic rings. The van der Waals surface area contributed by atoms with Crippen molar-refractivity contribution in [3.63, 3.8) is 0 Å². The van der Waals surface area contributed by atoms with E-state index in [9.17, 15) is 0 Å². The van der Waals surface area contributed by atoms with Crippen LogP contribution in [-0.2, 0) is 0 Å². The second-order valence-electron chi connectivity index (χ2n) is 4.01. The van der Waals surface area contributed by atoms with E-state index >= 15 is 0 Å². The highest BCUT2D eigenvalue weighted by atomic mass is 35.5. The first kappa shape index (κ1) is 18.7. The Kier molecular flexibility index (Phi) is 10.3. The molecule has 19 heavy (non-hydrogen) atoms. The van der Waals surface area contributed by atoms with Crippen LogP contribution in [0.3, 0.4) is 0 Å². The molecular formula is C14H23ClN2S2. The molecule has 0 aromatic heterocycles. The van der Waals surface area contributed by atoms with E-state index in [4.69, 9.17) is 23.8 Å². The summed E-state index contributed by atoms with van der Waals surface area (Å²) in [7, 11) is 0. The van der Waals surface area contributed by atoms with Crippen molar-refractivity contribution in [1.82, 2.24) is 4.90 Å². The molecule has 0 radical (unpaired) electrons. The molecule has 0 amide bonds. The number of nitrogens with zero attached hydrogens (tertiary/aromatic N) is 1. The molecule has 0 bridgehead atoms. The van der Waals surface area contributed by atoms with Crippen molar-refractivity contribution in [3.8, 4) is 0 Å². The molecule has 0 unspecified atom stereocenters. The maximum atomic E-state index is 5.79. The molecular weight excluding hydrogens is 296 g/mol. The van der Waals surface area contributed by atoms with Gasteiger partial charge in [0.2, 0.25) is 0 Å². The summed E-state index contributed by atoms with van der Waals surface area (Å²) in [4.78, 5) is 2.38. The molecule has 0 saturated carbocycles. The van der Waals surface area contributed by atoms with E-state index in [2.05, 4.69) is 43.6 Å². The number of thiol groups is 1. The van der Waals surface area contributed by atoms with Crippen LogP contribution < -0.4 is 5.32 Å². The molecule has 1 aromatic carbocycles.